The fraction of sp³-hybridized carbons (Fsp3) is 0.240. The molecule has 0 spiro atoms. The number of hydrogen-bond acceptors (Lipinski definition) is 3. The van der Waals surface area contributed by atoms with E-state index in [4.69, 9.17) is 4.74 Å². The van der Waals surface area contributed by atoms with Gasteiger partial charge in [-0.1, -0.05) is 36.4 Å². The maximum Gasteiger partial charge on any atom is 0.144 e. The molecule has 28 heavy (non-hydrogen) atoms. The van der Waals surface area contributed by atoms with Crippen molar-refractivity contribution in [2.75, 3.05) is 11.5 Å². The minimum absolute atomic E-state index is 0.637. The Morgan fingerprint density at radius 3 is 2.21 bits per heavy atom. The van der Waals surface area contributed by atoms with E-state index < -0.39 is 0 Å². The standard InChI is InChI=1S/C25H26N2O/c1-4-28-25-8-6-5-7-24(25)26-15-20-9-11-23(12-10-20)27-16-21-13-18(2)19(3)14-22(21)17-27/h5-15H,4,16-17H2,1-3H3. The highest BCUT2D eigenvalue weighted by atomic mass is 16.5. The van der Waals surface area contributed by atoms with Crippen molar-refractivity contribution < 1.29 is 4.74 Å². The summed E-state index contributed by atoms with van der Waals surface area (Å²) in [5, 5.41) is 0. The molecule has 3 aromatic carbocycles. The van der Waals surface area contributed by atoms with Gasteiger partial charge in [0.15, 0.2) is 0 Å². The number of rotatable bonds is 5. The summed E-state index contributed by atoms with van der Waals surface area (Å²) in [5.41, 5.74) is 8.83. The second-order valence-electron chi connectivity index (χ2n) is 7.31. The van der Waals surface area contributed by atoms with E-state index in [1.807, 2.05) is 37.4 Å². The highest BCUT2D eigenvalue weighted by Gasteiger charge is 2.19. The Morgan fingerprint density at radius 2 is 1.57 bits per heavy atom. The quantitative estimate of drug-likeness (QED) is 0.517. The third-order valence-electron chi connectivity index (χ3n) is 5.31. The molecule has 1 aliphatic heterocycles. The Hall–Kier alpha value is -3.07. The van der Waals surface area contributed by atoms with Gasteiger partial charge in [-0.15, -0.1) is 0 Å². The molecule has 0 N–H and O–H groups in total. The lowest BCUT2D eigenvalue weighted by Crippen LogP contribution is -2.14. The molecule has 4 rings (SSSR count). The third-order valence-corrected chi connectivity index (χ3v) is 5.31. The highest BCUT2D eigenvalue weighted by molar-refractivity contribution is 5.83. The first-order valence-electron chi connectivity index (χ1n) is 9.84. The van der Waals surface area contributed by atoms with Crippen LogP contribution in [0.1, 0.15) is 34.7 Å². The summed E-state index contributed by atoms with van der Waals surface area (Å²) in [5.74, 6) is 0.818. The minimum Gasteiger partial charge on any atom is -0.492 e. The van der Waals surface area contributed by atoms with Gasteiger partial charge in [0.2, 0.25) is 0 Å². The second kappa shape index (κ2) is 7.89. The van der Waals surface area contributed by atoms with Crippen molar-refractivity contribution in [3.63, 3.8) is 0 Å². The van der Waals surface area contributed by atoms with Crippen molar-refractivity contribution >= 4 is 17.6 Å². The van der Waals surface area contributed by atoms with Crippen LogP contribution < -0.4 is 9.64 Å². The Kier molecular flexibility index (Phi) is 5.16. The molecule has 142 valence electrons. The Bertz CT molecular complexity index is 975. The summed E-state index contributed by atoms with van der Waals surface area (Å²) < 4.78 is 5.64. The first-order chi connectivity index (χ1) is 13.6. The van der Waals surface area contributed by atoms with Gasteiger partial charge in [0, 0.05) is 25.0 Å². The summed E-state index contributed by atoms with van der Waals surface area (Å²) in [6.07, 6.45) is 1.90. The zero-order chi connectivity index (χ0) is 19.5. The van der Waals surface area contributed by atoms with Crippen LogP contribution in [0.3, 0.4) is 0 Å². The lowest BCUT2D eigenvalue weighted by Gasteiger charge is -2.17. The van der Waals surface area contributed by atoms with E-state index >= 15 is 0 Å². The normalized spacial score (nSPS) is 13.2. The van der Waals surface area contributed by atoms with Gasteiger partial charge in [-0.3, -0.25) is 4.99 Å². The molecule has 1 aliphatic rings. The number of para-hydroxylation sites is 2. The molecule has 3 nitrogen and oxygen atoms in total. The van der Waals surface area contributed by atoms with Crippen LogP contribution in [0.25, 0.3) is 0 Å². The van der Waals surface area contributed by atoms with E-state index in [9.17, 15) is 0 Å². The van der Waals surface area contributed by atoms with Gasteiger partial charge < -0.3 is 9.64 Å². The Morgan fingerprint density at radius 1 is 0.929 bits per heavy atom. The fourth-order valence-corrected chi connectivity index (χ4v) is 3.64. The number of fused-ring (bicyclic) bond motifs is 1. The van der Waals surface area contributed by atoms with Crippen molar-refractivity contribution in [3.8, 4) is 5.75 Å². The SMILES string of the molecule is CCOc1ccccc1N=Cc1ccc(N2Cc3cc(C)c(C)cc3C2)cc1. The van der Waals surface area contributed by atoms with E-state index in [1.165, 1.54) is 27.9 Å². The predicted octanol–water partition coefficient (Wildman–Crippen LogP) is 5.97. The van der Waals surface area contributed by atoms with E-state index in [2.05, 4.69) is 60.1 Å². The average Bonchev–Trinajstić information content (AvgIpc) is 3.11. The predicted molar refractivity (Wildman–Crippen MR) is 117 cm³/mol. The van der Waals surface area contributed by atoms with E-state index in [-0.39, 0.29) is 0 Å². The second-order valence-corrected chi connectivity index (χ2v) is 7.31. The van der Waals surface area contributed by atoms with Crippen molar-refractivity contribution in [2.24, 2.45) is 4.99 Å². The number of anilines is 1. The average molecular weight is 370 g/mol. The first-order valence-corrected chi connectivity index (χ1v) is 9.84. The summed E-state index contributed by atoms with van der Waals surface area (Å²) in [6, 6.07) is 21.2. The summed E-state index contributed by atoms with van der Waals surface area (Å²) in [6.45, 7) is 8.96. The van der Waals surface area contributed by atoms with E-state index in [0.29, 0.717) is 6.61 Å². The molecular formula is C25H26N2O. The van der Waals surface area contributed by atoms with Crippen molar-refractivity contribution in [1.82, 2.24) is 0 Å². The minimum atomic E-state index is 0.637. The van der Waals surface area contributed by atoms with Crippen LogP contribution in [0.2, 0.25) is 0 Å². The number of ether oxygens (including phenoxy) is 1. The van der Waals surface area contributed by atoms with Gasteiger partial charge in [-0.05, 0) is 72.9 Å². The molecule has 0 aliphatic carbocycles. The first kappa shape index (κ1) is 18.3. The smallest absolute Gasteiger partial charge is 0.144 e. The summed E-state index contributed by atoms with van der Waals surface area (Å²) >= 11 is 0. The van der Waals surface area contributed by atoms with Gasteiger partial charge in [0.05, 0.1) is 6.61 Å². The third kappa shape index (κ3) is 3.79. The van der Waals surface area contributed by atoms with Gasteiger partial charge in [-0.25, -0.2) is 0 Å². The van der Waals surface area contributed by atoms with Crippen LogP contribution in [0.4, 0.5) is 11.4 Å². The summed E-state index contributed by atoms with van der Waals surface area (Å²) in [7, 11) is 0. The number of hydrogen-bond donors (Lipinski definition) is 0. The number of nitrogens with zero attached hydrogens (tertiary/aromatic N) is 2. The van der Waals surface area contributed by atoms with Crippen LogP contribution in [-0.2, 0) is 13.1 Å². The Labute approximate surface area is 167 Å². The van der Waals surface area contributed by atoms with Crippen LogP contribution in [0, 0.1) is 13.8 Å². The van der Waals surface area contributed by atoms with Crippen LogP contribution in [0.15, 0.2) is 65.7 Å². The van der Waals surface area contributed by atoms with E-state index in [0.717, 1.165) is 30.1 Å². The number of aliphatic imine (C=N–C) groups is 1. The Balaban J connectivity index is 1.48. The monoisotopic (exact) mass is 370 g/mol. The molecule has 3 heteroatoms. The van der Waals surface area contributed by atoms with Crippen molar-refractivity contribution in [2.45, 2.75) is 33.9 Å². The largest absolute Gasteiger partial charge is 0.492 e. The molecular weight excluding hydrogens is 344 g/mol. The van der Waals surface area contributed by atoms with Gasteiger partial charge in [0.1, 0.15) is 11.4 Å². The fourth-order valence-electron chi connectivity index (χ4n) is 3.64. The molecule has 1 heterocycles. The number of benzene rings is 3. The molecule has 0 atom stereocenters. The molecule has 3 aromatic rings. The molecule has 0 amide bonds. The zero-order valence-corrected chi connectivity index (χ0v) is 16.8. The van der Waals surface area contributed by atoms with Crippen LogP contribution in [0.5, 0.6) is 5.75 Å². The maximum atomic E-state index is 5.64. The molecule has 0 aromatic heterocycles. The van der Waals surface area contributed by atoms with Gasteiger partial charge in [-0.2, -0.15) is 0 Å². The van der Waals surface area contributed by atoms with Crippen molar-refractivity contribution in [1.29, 1.82) is 0 Å². The molecule has 0 saturated heterocycles. The molecule has 0 unspecified atom stereocenters. The maximum absolute atomic E-state index is 5.64. The van der Waals surface area contributed by atoms with E-state index in [1.54, 1.807) is 0 Å². The molecule has 0 bridgehead atoms. The lowest BCUT2D eigenvalue weighted by molar-refractivity contribution is 0.341. The zero-order valence-electron chi connectivity index (χ0n) is 16.8. The topological polar surface area (TPSA) is 24.8 Å². The molecule has 0 radical (unpaired) electrons. The van der Waals surface area contributed by atoms with Crippen molar-refractivity contribution in [3.05, 3.63) is 88.5 Å². The highest BCUT2D eigenvalue weighted by Crippen LogP contribution is 2.30. The van der Waals surface area contributed by atoms with Gasteiger partial charge in [0.25, 0.3) is 0 Å². The lowest BCUT2D eigenvalue weighted by atomic mass is 10.0. The van der Waals surface area contributed by atoms with Crippen LogP contribution >= 0.6 is 0 Å². The molecule has 0 saturated carbocycles. The van der Waals surface area contributed by atoms with Crippen LogP contribution in [-0.4, -0.2) is 12.8 Å². The molecule has 0 fully saturated rings. The number of aryl methyl sites for hydroxylation is 2. The van der Waals surface area contributed by atoms with Gasteiger partial charge >= 0.3 is 0 Å². The summed E-state index contributed by atoms with van der Waals surface area (Å²) in [4.78, 5) is 7.04.